The molecule has 110 valence electrons. The topological polar surface area (TPSA) is 55.4 Å². The van der Waals surface area contributed by atoms with Gasteiger partial charge in [-0.1, -0.05) is 39.5 Å². The number of hydrogen-bond acceptors (Lipinski definition) is 3. The van der Waals surface area contributed by atoms with Crippen molar-refractivity contribution in [3.05, 3.63) is 0 Å². The summed E-state index contributed by atoms with van der Waals surface area (Å²) in [6.45, 7) is 6.32. The molecule has 4 nitrogen and oxygen atoms in total. The van der Waals surface area contributed by atoms with E-state index >= 15 is 0 Å². The Morgan fingerprint density at radius 3 is 2.21 bits per heavy atom. The third-order valence-electron chi connectivity index (χ3n) is 4.25. The molecule has 0 saturated heterocycles. The summed E-state index contributed by atoms with van der Waals surface area (Å²) in [5.41, 5.74) is -0.303. The maximum absolute atomic E-state index is 12.5. The van der Waals surface area contributed by atoms with Crippen LogP contribution in [0.25, 0.3) is 0 Å². The Balaban J connectivity index is 2.64. The van der Waals surface area contributed by atoms with Gasteiger partial charge in [0.2, 0.25) is 5.91 Å². The molecule has 0 aromatic rings. The third kappa shape index (κ3) is 4.22. The number of carbonyl (C=O) groups is 2. The van der Waals surface area contributed by atoms with Crippen LogP contribution in [-0.4, -0.2) is 25.0 Å². The smallest absolute Gasteiger partial charge is 0.325 e. The van der Waals surface area contributed by atoms with E-state index < -0.39 is 0 Å². The predicted molar refractivity (Wildman–Crippen MR) is 74.6 cm³/mol. The van der Waals surface area contributed by atoms with E-state index in [1.165, 1.54) is 12.8 Å². The quantitative estimate of drug-likeness (QED) is 0.616. The van der Waals surface area contributed by atoms with Crippen LogP contribution in [0.5, 0.6) is 0 Å². The molecule has 0 aliphatic heterocycles. The van der Waals surface area contributed by atoms with Crippen molar-refractivity contribution in [2.45, 2.75) is 59.3 Å². The van der Waals surface area contributed by atoms with Crippen LogP contribution in [0.15, 0.2) is 0 Å². The van der Waals surface area contributed by atoms with Gasteiger partial charge < -0.3 is 10.1 Å². The molecule has 0 radical (unpaired) electrons. The zero-order chi connectivity index (χ0) is 14.3. The minimum atomic E-state index is -0.358. The van der Waals surface area contributed by atoms with Crippen LogP contribution >= 0.6 is 0 Å². The normalized spacial score (nSPS) is 18.7. The second-order valence-electron chi connectivity index (χ2n) is 5.71. The fourth-order valence-electron chi connectivity index (χ4n) is 2.97. The molecule has 1 saturated carbocycles. The molecule has 0 atom stereocenters. The lowest BCUT2D eigenvalue weighted by molar-refractivity contribution is -0.145. The summed E-state index contributed by atoms with van der Waals surface area (Å²) in [6, 6.07) is 0. The first-order chi connectivity index (χ1) is 9.03. The summed E-state index contributed by atoms with van der Waals surface area (Å²) in [5.74, 6) is -0.0337. The van der Waals surface area contributed by atoms with E-state index in [0.717, 1.165) is 25.7 Å². The van der Waals surface area contributed by atoms with Crippen molar-refractivity contribution in [3.63, 3.8) is 0 Å². The van der Waals surface area contributed by atoms with Crippen molar-refractivity contribution in [3.8, 4) is 0 Å². The molecule has 0 unspecified atom stereocenters. The van der Waals surface area contributed by atoms with E-state index in [2.05, 4.69) is 19.2 Å². The molecular weight excluding hydrogens is 242 g/mol. The molecule has 0 aromatic heterocycles. The van der Waals surface area contributed by atoms with Gasteiger partial charge in [-0.15, -0.1) is 0 Å². The summed E-state index contributed by atoms with van der Waals surface area (Å²) in [4.78, 5) is 23.8. The van der Waals surface area contributed by atoms with Gasteiger partial charge >= 0.3 is 5.97 Å². The van der Waals surface area contributed by atoms with E-state index in [1.807, 2.05) is 0 Å². The second-order valence-corrected chi connectivity index (χ2v) is 5.71. The molecule has 4 heteroatoms. The fourth-order valence-corrected chi connectivity index (χ4v) is 2.97. The first kappa shape index (κ1) is 16.0. The molecule has 0 heterocycles. The van der Waals surface area contributed by atoms with Gasteiger partial charge in [0.25, 0.3) is 0 Å². The summed E-state index contributed by atoms with van der Waals surface area (Å²) in [6.07, 6.45) is 6.48. The highest BCUT2D eigenvalue weighted by atomic mass is 16.5. The van der Waals surface area contributed by atoms with E-state index in [-0.39, 0.29) is 23.8 Å². The summed E-state index contributed by atoms with van der Waals surface area (Å²) < 4.78 is 4.84. The van der Waals surface area contributed by atoms with Crippen molar-refractivity contribution in [2.24, 2.45) is 11.3 Å². The first-order valence-electron chi connectivity index (χ1n) is 7.47. The Bertz CT molecular complexity index is 305. The van der Waals surface area contributed by atoms with E-state index in [0.29, 0.717) is 12.5 Å². The Labute approximate surface area is 116 Å². The molecule has 0 bridgehead atoms. The highest BCUT2D eigenvalue weighted by molar-refractivity contribution is 5.86. The van der Waals surface area contributed by atoms with Crippen LogP contribution in [-0.2, 0) is 14.3 Å². The van der Waals surface area contributed by atoms with Crippen LogP contribution in [0.2, 0.25) is 0 Å². The molecule has 1 N–H and O–H groups in total. The molecule has 19 heavy (non-hydrogen) atoms. The monoisotopic (exact) mass is 269 g/mol. The Kier molecular flexibility index (Phi) is 6.32. The SMILES string of the molecule is CCOC(=O)CNC(=O)C1(C(C)C)CCCCCC1. The number of carbonyl (C=O) groups excluding carboxylic acids is 2. The fraction of sp³-hybridized carbons (Fsp3) is 0.867. The van der Waals surface area contributed by atoms with Gasteiger partial charge in [0.1, 0.15) is 6.54 Å². The molecule has 1 fully saturated rings. The van der Waals surface area contributed by atoms with E-state index in [4.69, 9.17) is 4.74 Å². The Morgan fingerprint density at radius 2 is 1.74 bits per heavy atom. The number of nitrogens with one attached hydrogen (secondary N) is 1. The Hall–Kier alpha value is -1.06. The van der Waals surface area contributed by atoms with Gasteiger partial charge in [-0.2, -0.15) is 0 Å². The molecular formula is C15H27NO3. The molecule has 1 aliphatic carbocycles. The average molecular weight is 269 g/mol. The lowest BCUT2D eigenvalue weighted by Crippen LogP contribution is -2.46. The second kappa shape index (κ2) is 7.51. The largest absolute Gasteiger partial charge is 0.465 e. The number of amides is 1. The summed E-state index contributed by atoms with van der Waals surface area (Å²) >= 11 is 0. The highest BCUT2D eigenvalue weighted by Crippen LogP contribution is 2.41. The molecule has 1 rings (SSSR count). The van der Waals surface area contributed by atoms with Gasteiger partial charge in [-0.05, 0) is 25.7 Å². The van der Waals surface area contributed by atoms with Gasteiger partial charge in [0, 0.05) is 0 Å². The predicted octanol–water partition coefficient (Wildman–Crippen LogP) is 2.66. The van der Waals surface area contributed by atoms with Crippen molar-refractivity contribution in [1.82, 2.24) is 5.32 Å². The molecule has 1 aliphatic rings. The molecule has 1 amide bonds. The maximum Gasteiger partial charge on any atom is 0.325 e. The molecule has 0 aromatic carbocycles. The van der Waals surface area contributed by atoms with Gasteiger partial charge in [0.15, 0.2) is 0 Å². The number of ether oxygens (including phenoxy) is 1. The Morgan fingerprint density at radius 1 is 1.16 bits per heavy atom. The average Bonchev–Trinajstić information content (AvgIpc) is 2.62. The van der Waals surface area contributed by atoms with Crippen molar-refractivity contribution in [1.29, 1.82) is 0 Å². The van der Waals surface area contributed by atoms with Gasteiger partial charge in [0.05, 0.1) is 12.0 Å². The summed E-state index contributed by atoms with van der Waals surface area (Å²) in [5, 5.41) is 2.77. The van der Waals surface area contributed by atoms with Crippen LogP contribution in [0.3, 0.4) is 0 Å². The van der Waals surface area contributed by atoms with Crippen LogP contribution in [0.4, 0.5) is 0 Å². The first-order valence-corrected chi connectivity index (χ1v) is 7.47. The van der Waals surface area contributed by atoms with Crippen molar-refractivity contribution >= 4 is 11.9 Å². The maximum atomic E-state index is 12.5. The lowest BCUT2D eigenvalue weighted by atomic mass is 9.70. The van der Waals surface area contributed by atoms with E-state index in [1.54, 1.807) is 6.92 Å². The lowest BCUT2D eigenvalue weighted by Gasteiger charge is -2.35. The van der Waals surface area contributed by atoms with Crippen molar-refractivity contribution in [2.75, 3.05) is 13.2 Å². The zero-order valence-corrected chi connectivity index (χ0v) is 12.5. The third-order valence-corrected chi connectivity index (χ3v) is 4.25. The molecule has 0 spiro atoms. The van der Waals surface area contributed by atoms with Crippen LogP contribution < -0.4 is 5.32 Å². The number of hydrogen-bond donors (Lipinski definition) is 1. The minimum absolute atomic E-state index is 0.0128. The van der Waals surface area contributed by atoms with E-state index in [9.17, 15) is 9.59 Å². The number of rotatable bonds is 5. The summed E-state index contributed by atoms with van der Waals surface area (Å²) in [7, 11) is 0. The van der Waals surface area contributed by atoms with Gasteiger partial charge in [-0.25, -0.2) is 0 Å². The van der Waals surface area contributed by atoms with Crippen LogP contribution in [0.1, 0.15) is 59.3 Å². The standard InChI is InChI=1S/C15H27NO3/c1-4-19-13(17)11-16-14(18)15(12(2)3)9-7-5-6-8-10-15/h12H,4-11H2,1-3H3,(H,16,18). The zero-order valence-electron chi connectivity index (χ0n) is 12.5. The number of esters is 1. The van der Waals surface area contributed by atoms with Crippen molar-refractivity contribution < 1.29 is 14.3 Å². The minimum Gasteiger partial charge on any atom is -0.465 e. The van der Waals surface area contributed by atoms with Gasteiger partial charge in [-0.3, -0.25) is 9.59 Å². The van der Waals surface area contributed by atoms with Crippen LogP contribution in [0, 0.1) is 11.3 Å². The highest BCUT2D eigenvalue weighted by Gasteiger charge is 2.41.